The molecule has 0 N–H and O–H groups in total. The zero-order chi connectivity index (χ0) is 22.3. The van der Waals surface area contributed by atoms with Gasteiger partial charge in [0.15, 0.2) is 5.82 Å². The maximum Gasteiger partial charge on any atom is 0.173 e. The average molecular weight is 435 g/mol. The summed E-state index contributed by atoms with van der Waals surface area (Å²) in [6.45, 7) is 9.09. The highest BCUT2D eigenvalue weighted by atomic mass is 16.5. The van der Waals surface area contributed by atoms with Crippen molar-refractivity contribution in [2.75, 3.05) is 46.9 Å². The predicted octanol–water partition coefficient (Wildman–Crippen LogP) is 2.63. The summed E-state index contributed by atoms with van der Waals surface area (Å²) in [5.41, 5.74) is 2.17. The first-order chi connectivity index (χ1) is 15.7. The fourth-order valence-corrected chi connectivity index (χ4v) is 4.21. The van der Waals surface area contributed by atoms with Gasteiger partial charge in [0.25, 0.3) is 0 Å². The van der Waals surface area contributed by atoms with Gasteiger partial charge in [-0.05, 0) is 28.1 Å². The SMILES string of the molecule is C=CCN1CCN([C@@H](c2ccc(OC)cc2OC)c2nnnn2Cc2ccccc2)CC1. The Balaban J connectivity index is 1.71. The maximum absolute atomic E-state index is 5.77. The molecule has 2 aromatic carbocycles. The van der Waals surface area contributed by atoms with Crippen LogP contribution in [0.1, 0.15) is 23.0 Å². The minimum atomic E-state index is -0.138. The third kappa shape index (κ3) is 4.81. The quantitative estimate of drug-likeness (QED) is 0.480. The molecular formula is C24H30N6O2. The molecule has 2 heterocycles. The molecule has 8 nitrogen and oxygen atoms in total. The van der Waals surface area contributed by atoms with E-state index >= 15 is 0 Å². The molecule has 1 aliphatic rings. The summed E-state index contributed by atoms with van der Waals surface area (Å²) in [5, 5.41) is 12.8. The van der Waals surface area contributed by atoms with Crippen LogP contribution < -0.4 is 9.47 Å². The van der Waals surface area contributed by atoms with Crippen LogP contribution in [0.25, 0.3) is 0 Å². The minimum Gasteiger partial charge on any atom is -0.497 e. The smallest absolute Gasteiger partial charge is 0.173 e. The van der Waals surface area contributed by atoms with Crippen LogP contribution in [0, 0.1) is 0 Å². The van der Waals surface area contributed by atoms with Crippen LogP contribution in [0.3, 0.4) is 0 Å². The van der Waals surface area contributed by atoms with Crippen molar-refractivity contribution in [3.05, 3.63) is 78.1 Å². The van der Waals surface area contributed by atoms with Gasteiger partial charge >= 0.3 is 0 Å². The second-order valence-corrected chi connectivity index (χ2v) is 7.82. The van der Waals surface area contributed by atoms with E-state index in [1.54, 1.807) is 14.2 Å². The summed E-state index contributed by atoms with van der Waals surface area (Å²) in [6, 6.07) is 16.0. The van der Waals surface area contributed by atoms with E-state index in [9.17, 15) is 0 Å². The lowest BCUT2D eigenvalue weighted by molar-refractivity contribution is 0.111. The highest BCUT2D eigenvalue weighted by molar-refractivity contribution is 5.44. The minimum absolute atomic E-state index is 0.138. The summed E-state index contributed by atoms with van der Waals surface area (Å²) < 4.78 is 13.1. The molecule has 3 aromatic rings. The molecule has 1 saturated heterocycles. The Morgan fingerprint density at radius 1 is 1.03 bits per heavy atom. The van der Waals surface area contributed by atoms with Gasteiger partial charge in [0.1, 0.15) is 17.5 Å². The second-order valence-electron chi connectivity index (χ2n) is 7.82. The van der Waals surface area contributed by atoms with Gasteiger partial charge in [0, 0.05) is 44.4 Å². The normalized spacial score (nSPS) is 15.9. The van der Waals surface area contributed by atoms with Crippen molar-refractivity contribution in [3.8, 4) is 11.5 Å². The number of hydrogen-bond donors (Lipinski definition) is 0. The first kappa shape index (κ1) is 22.0. The Labute approximate surface area is 189 Å². The molecule has 1 fully saturated rings. The lowest BCUT2D eigenvalue weighted by atomic mass is 10.0. The van der Waals surface area contributed by atoms with E-state index in [1.165, 1.54) is 0 Å². The number of tetrazole rings is 1. The van der Waals surface area contributed by atoms with Gasteiger partial charge < -0.3 is 9.47 Å². The zero-order valence-corrected chi connectivity index (χ0v) is 18.7. The van der Waals surface area contributed by atoms with E-state index in [-0.39, 0.29) is 6.04 Å². The number of piperazine rings is 1. The van der Waals surface area contributed by atoms with Crippen LogP contribution in [-0.2, 0) is 6.54 Å². The first-order valence-electron chi connectivity index (χ1n) is 10.8. The van der Waals surface area contributed by atoms with Crippen LogP contribution in [0.15, 0.2) is 61.2 Å². The van der Waals surface area contributed by atoms with Crippen molar-refractivity contribution < 1.29 is 9.47 Å². The van der Waals surface area contributed by atoms with Gasteiger partial charge in [0.2, 0.25) is 0 Å². The van der Waals surface area contributed by atoms with Crippen molar-refractivity contribution in [3.63, 3.8) is 0 Å². The molecule has 0 unspecified atom stereocenters. The van der Waals surface area contributed by atoms with Crippen molar-refractivity contribution in [1.29, 1.82) is 0 Å². The number of nitrogens with zero attached hydrogens (tertiary/aromatic N) is 6. The van der Waals surface area contributed by atoms with Crippen molar-refractivity contribution in [2.24, 2.45) is 0 Å². The molecule has 1 aliphatic heterocycles. The molecule has 0 saturated carbocycles. The Hall–Kier alpha value is -3.23. The predicted molar refractivity (Wildman–Crippen MR) is 123 cm³/mol. The molecule has 0 amide bonds. The fraction of sp³-hybridized carbons (Fsp3) is 0.375. The van der Waals surface area contributed by atoms with E-state index in [1.807, 2.05) is 41.1 Å². The zero-order valence-electron chi connectivity index (χ0n) is 18.7. The average Bonchev–Trinajstić information content (AvgIpc) is 3.29. The summed E-state index contributed by atoms with van der Waals surface area (Å²) >= 11 is 0. The van der Waals surface area contributed by atoms with E-state index in [2.05, 4.69) is 50.1 Å². The summed E-state index contributed by atoms with van der Waals surface area (Å²) in [5.74, 6) is 2.32. The first-order valence-corrected chi connectivity index (χ1v) is 10.8. The molecule has 1 atom stereocenters. The summed E-state index contributed by atoms with van der Waals surface area (Å²) in [7, 11) is 3.34. The van der Waals surface area contributed by atoms with Crippen molar-refractivity contribution in [2.45, 2.75) is 12.6 Å². The van der Waals surface area contributed by atoms with Gasteiger partial charge in [-0.1, -0.05) is 36.4 Å². The van der Waals surface area contributed by atoms with Crippen LogP contribution >= 0.6 is 0 Å². The Bertz CT molecular complexity index is 1010. The number of methoxy groups -OCH3 is 2. The highest BCUT2D eigenvalue weighted by Crippen LogP contribution is 2.36. The van der Waals surface area contributed by atoms with Crippen LogP contribution in [0.4, 0.5) is 0 Å². The molecule has 0 aliphatic carbocycles. The summed E-state index contributed by atoms with van der Waals surface area (Å²) in [6.07, 6.45) is 1.96. The van der Waals surface area contributed by atoms with Gasteiger partial charge in [-0.25, -0.2) is 4.68 Å². The van der Waals surface area contributed by atoms with Gasteiger partial charge in [0.05, 0.1) is 20.8 Å². The van der Waals surface area contributed by atoms with Crippen molar-refractivity contribution >= 4 is 0 Å². The number of rotatable bonds is 9. The standard InChI is InChI=1S/C24H30N6O2/c1-4-12-28-13-15-29(16-14-28)23(21-11-10-20(31-2)17-22(21)32-3)24-25-26-27-30(24)18-19-8-6-5-7-9-19/h4-11,17,23H,1,12-16,18H2,2-3H3/t23-/m0/s1. The molecule has 0 bridgehead atoms. The van der Waals surface area contributed by atoms with Crippen molar-refractivity contribution in [1.82, 2.24) is 30.0 Å². The topological polar surface area (TPSA) is 68.5 Å². The van der Waals surface area contributed by atoms with Gasteiger partial charge in [-0.3, -0.25) is 9.80 Å². The maximum atomic E-state index is 5.77. The lowest BCUT2D eigenvalue weighted by Crippen LogP contribution is -2.48. The Morgan fingerprint density at radius 2 is 1.81 bits per heavy atom. The fourth-order valence-electron chi connectivity index (χ4n) is 4.21. The van der Waals surface area contributed by atoms with Gasteiger partial charge in [-0.15, -0.1) is 11.7 Å². The molecule has 0 spiro atoms. The number of hydrogen-bond acceptors (Lipinski definition) is 7. The lowest BCUT2D eigenvalue weighted by Gasteiger charge is -2.38. The number of ether oxygens (including phenoxy) is 2. The third-order valence-electron chi connectivity index (χ3n) is 5.87. The molecule has 32 heavy (non-hydrogen) atoms. The number of benzene rings is 2. The number of aromatic nitrogens is 4. The van der Waals surface area contributed by atoms with E-state index in [0.29, 0.717) is 6.54 Å². The largest absolute Gasteiger partial charge is 0.497 e. The Morgan fingerprint density at radius 3 is 2.50 bits per heavy atom. The highest BCUT2D eigenvalue weighted by Gasteiger charge is 2.32. The second kappa shape index (κ2) is 10.4. The van der Waals surface area contributed by atoms with E-state index < -0.39 is 0 Å². The molecular weight excluding hydrogens is 404 g/mol. The Kier molecular flexibility index (Phi) is 7.14. The van der Waals surface area contributed by atoms with Crippen LogP contribution in [0.2, 0.25) is 0 Å². The molecule has 1 aromatic heterocycles. The van der Waals surface area contributed by atoms with Gasteiger partial charge in [-0.2, -0.15) is 0 Å². The van der Waals surface area contributed by atoms with E-state index in [4.69, 9.17) is 9.47 Å². The molecule has 8 heteroatoms. The molecule has 168 valence electrons. The monoisotopic (exact) mass is 434 g/mol. The molecule has 0 radical (unpaired) electrons. The third-order valence-corrected chi connectivity index (χ3v) is 5.87. The van der Waals surface area contributed by atoms with Crippen LogP contribution in [-0.4, -0.2) is 77.0 Å². The van der Waals surface area contributed by atoms with E-state index in [0.717, 1.165) is 61.2 Å². The summed E-state index contributed by atoms with van der Waals surface area (Å²) in [4.78, 5) is 4.83. The van der Waals surface area contributed by atoms with Crippen LogP contribution in [0.5, 0.6) is 11.5 Å². The molecule has 4 rings (SSSR count).